The van der Waals surface area contributed by atoms with Crippen molar-refractivity contribution in [1.29, 1.82) is 0 Å². The molecular weight excluding hydrogens is 476 g/mol. The van der Waals surface area contributed by atoms with Gasteiger partial charge < -0.3 is 19.9 Å². The molecule has 1 aliphatic rings. The van der Waals surface area contributed by atoms with Crippen LogP contribution in [0.3, 0.4) is 0 Å². The summed E-state index contributed by atoms with van der Waals surface area (Å²) in [5.41, 5.74) is 5.85. The van der Waals surface area contributed by atoms with Crippen LogP contribution in [0.15, 0.2) is 120 Å². The van der Waals surface area contributed by atoms with Crippen LogP contribution in [0.1, 0.15) is 36.4 Å². The van der Waals surface area contributed by atoms with Gasteiger partial charge >= 0.3 is 0 Å². The Bertz CT molecular complexity index is 1370. The van der Waals surface area contributed by atoms with Crippen LogP contribution in [0.2, 0.25) is 0 Å². The summed E-state index contributed by atoms with van der Waals surface area (Å²) < 4.78 is 11.8. The van der Waals surface area contributed by atoms with Crippen molar-refractivity contribution >= 4 is 11.8 Å². The molecule has 2 atom stereocenters. The summed E-state index contributed by atoms with van der Waals surface area (Å²) in [6.07, 6.45) is 4.53. The van der Waals surface area contributed by atoms with E-state index in [2.05, 4.69) is 10.6 Å². The molecule has 0 aromatic heterocycles. The summed E-state index contributed by atoms with van der Waals surface area (Å²) in [6, 6.07) is 34.2. The Labute approximate surface area is 222 Å². The van der Waals surface area contributed by atoms with Crippen molar-refractivity contribution in [2.24, 2.45) is 11.1 Å². The van der Waals surface area contributed by atoms with E-state index < -0.39 is 6.04 Å². The minimum atomic E-state index is -0.433. The third-order valence-electron chi connectivity index (χ3n) is 6.71. The van der Waals surface area contributed by atoms with Crippen LogP contribution < -0.4 is 15.0 Å². The van der Waals surface area contributed by atoms with Gasteiger partial charge in [0.2, 0.25) is 0 Å². The number of oxime groups is 1. The molecule has 4 aromatic carbocycles. The second kappa shape index (κ2) is 12.2. The summed E-state index contributed by atoms with van der Waals surface area (Å²) in [7, 11) is 0. The molecule has 3 N–H and O–H groups in total. The Morgan fingerprint density at radius 3 is 1.79 bits per heavy atom. The zero-order chi connectivity index (χ0) is 26.2. The Balaban J connectivity index is 1.31. The molecule has 0 radical (unpaired) electrons. The summed E-state index contributed by atoms with van der Waals surface area (Å²) in [5.74, 6) is 2.79. The Morgan fingerprint density at radius 1 is 0.737 bits per heavy atom. The van der Waals surface area contributed by atoms with Gasteiger partial charge in [-0.3, -0.25) is 0 Å². The van der Waals surface area contributed by atoms with Crippen molar-refractivity contribution in [1.82, 2.24) is 5.48 Å². The van der Waals surface area contributed by atoms with Gasteiger partial charge in [-0.2, -0.15) is 5.48 Å². The number of hydrogen-bond donors (Lipinski definition) is 3. The zero-order valence-electron chi connectivity index (χ0n) is 20.9. The standard InChI is InChI=1S/C32H30N2O4/c35-33-31(24-16-20-29(21-17-24)38-27-11-5-2-6-12-27)30-13-7-8-25(32(30)34-36)22-23-14-18-28(19-15-23)37-26-9-3-1-4-10-26/h1-6,9-12,14-22,30-31,33,35-36H,7-8,13H2/b25-22+,34-32+. The summed E-state index contributed by atoms with van der Waals surface area (Å²) in [6.45, 7) is 0. The molecule has 1 saturated carbocycles. The topological polar surface area (TPSA) is 83.3 Å². The summed E-state index contributed by atoms with van der Waals surface area (Å²) in [4.78, 5) is 0. The van der Waals surface area contributed by atoms with Crippen molar-refractivity contribution in [3.05, 3.63) is 126 Å². The Morgan fingerprint density at radius 2 is 1.26 bits per heavy atom. The molecular formula is C32H30N2O4. The largest absolute Gasteiger partial charge is 0.457 e. The van der Waals surface area contributed by atoms with E-state index in [0.29, 0.717) is 11.5 Å². The van der Waals surface area contributed by atoms with Crippen LogP contribution in [0.5, 0.6) is 23.0 Å². The molecule has 0 saturated heterocycles. The van der Waals surface area contributed by atoms with Crippen molar-refractivity contribution < 1.29 is 19.9 Å². The van der Waals surface area contributed by atoms with E-state index >= 15 is 0 Å². The molecule has 1 fully saturated rings. The number of para-hydroxylation sites is 2. The molecule has 0 bridgehead atoms. The minimum Gasteiger partial charge on any atom is -0.457 e. The van der Waals surface area contributed by atoms with Gasteiger partial charge in [0, 0.05) is 5.92 Å². The zero-order valence-corrected chi connectivity index (χ0v) is 20.9. The monoisotopic (exact) mass is 506 g/mol. The molecule has 1 aliphatic carbocycles. The molecule has 192 valence electrons. The van der Waals surface area contributed by atoms with Gasteiger partial charge in [0.25, 0.3) is 0 Å². The lowest BCUT2D eigenvalue weighted by atomic mass is 9.77. The van der Waals surface area contributed by atoms with Crippen LogP contribution in [0.4, 0.5) is 0 Å². The molecule has 38 heavy (non-hydrogen) atoms. The number of ether oxygens (including phenoxy) is 2. The number of hydroxylamine groups is 1. The lowest BCUT2D eigenvalue weighted by Crippen LogP contribution is -2.34. The first-order valence-corrected chi connectivity index (χ1v) is 12.7. The van der Waals surface area contributed by atoms with Crippen LogP contribution in [-0.4, -0.2) is 16.1 Å². The first-order valence-electron chi connectivity index (χ1n) is 12.7. The maximum absolute atomic E-state index is 10.1. The lowest BCUT2D eigenvalue weighted by Gasteiger charge is -2.32. The van der Waals surface area contributed by atoms with E-state index in [1.165, 1.54) is 0 Å². The fraction of sp³-hybridized carbons (Fsp3) is 0.156. The van der Waals surface area contributed by atoms with Crippen LogP contribution in [0.25, 0.3) is 6.08 Å². The summed E-state index contributed by atoms with van der Waals surface area (Å²) >= 11 is 0. The summed E-state index contributed by atoms with van der Waals surface area (Å²) in [5, 5.41) is 23.8. The van der Waals surface area contributed by atoms with E-state index in [0.717, 1.165) is 53.2 Å². The number of benzene rings is 4. The maximum atomic E-state index is 10.1. The van der Waals surface area contributed by atoms with E-state index in [1.54, 1.807) is 0 Å². The molecule has 6 heteroatoms. The average molecular weight is 507 g/mol. The molecule has 0 aliphatic heterocycles. The normalized spacial score (nSPS) is 18.3. The predicted octanol–water partition coefficient (Wildman–Crippen LogP) is 8.01. The van der Waals surface area contributed by atoms with E-state index in [-0.39, 0.29) is 5.92 Å². The molecule has 4 aromatic rings. The van der Waals surface area contributed by atoms with Gasteiger partial charge in [0.15, 0.2) is 0 Å². The highest BCUT2D eigenvalue weighted by atomic mass is 16.5. The van der Waals surface area contributed by atoms with Crippen molar-refractivity contribution in [3.8, 4) is 23.0 Å². The van der Waals surface area contributed by atoms with Crippen LogP contribution >= 0.6 is 0 Å². The van der Waals surface area contributed by atoms with Crippen LogP contribution in [-0.2, 0) is 0 Å². The second-order valence-corrected chi connectivity index (χ2v) is 9.23. The van der Waals surface area contributed by atoms with Crippen molar-refractivity contribution in [2.45, 2.75) is 25.3 Å². The Kier molecular flexibility index (Phi) is 8.13. The van der Waals surface area contributed by atoms with Gasteiger partial charge in [0.1, 0.15) is 23.0 Å². The molecule has 0 heterocycles. The Hall–Kier alpha value is -4.39. The SMILES string of the molecule is O/N=C1\C(=C\c2ccc(Oc3ccccc3)cc2)CCCC1C(NO)c1ccc(Oc2ccccc2)cc1. The van der Waals surface area contributed by atoms with Crippen molar-refractivity contribution in [3.63, 3.8) is 0 Å². The number of hydrogen-bond acceptors (Lipinski definition) is 6. The van der Waals surface area contributed by atoms with Gasteiger partial charge in [0.05, 0.1) is 11.8 Å². The predicted molar refractivity (Wildman–Crippen MR) is 148 cm³/mol. The molecule has 0 amide bonds. The van der Waals surface area contributed by atoms with Crippen LogP contribution in [0, 0.1) is 5.92 Å². The highest BCUT2D eigenvalue weighted by Crippen LogP contribution is 2.37. The lowest BCUT2D eigenvalue weighted by molar-refractivity contribution is 0.106. The van der Waals surface area contributed by atoms with Gasteiger partial charge in [-0.05, 0) is 90.6 Å². The third-order valence-corrected chi connectivity index (χ3v) is 6.71. The number of nitrogens with one attached hydrogen (secondary N) is 1. The van der Waals surface area contributed by atoms with Crippen molar-refractivity contribution in [2.75, 3.05) is 0 Å². The van der Waals surface area contributed by atoms with E-state index in [1.807, 2.05) is 115 Å². The van der Waals surface area contributed by atoms with E-state index in [4.69, 9.17) is 9.47 Å². The molecule has 2 unspecified atom stereocenters. The van der Waals surface area contributed by atoms with Gasteiger partial charge in [-0.15, -0.1) is 0 Å². The first-order chi connectivity index (χ1) is 18.7. The molecule has 6 nitrogen and oxygen atoms in total. The average Bonchev–Trinajstić information content (AvgIpc) is 2.97. The second-order valence-electron chi connectivity index (χ2n) is 9.23. The molecule has 5 rings (SSSR count). The number of allylic oxidation sites excluding steroid dienone is 1. The minimum absolute atomic E-state index is 0.202. The smallest absolute Gasteiger partial charge is 0.127 e. The molecule has 0 spiro atoms. The number of nitrogens with zero attached hydrogens (tertiary/aromatic N) is 1. The van der Waals surface area contributed by atoms with Gasteiger partial charge in [-0.1, -0.05) is 65.8 Å². The fourth-order valence-electron chi connectivity index (χ4n) is 4.85. The first kappa shape index (κ1) is 25.3. The number of rotatable bonds is 8. The van der Waals surface area contributed by atoms with E-state index in [9.17, 15) is 10.4 Å². The highest BCUT2D eigenvalue weighted by Gasteiger charge is 2.33. The fourth-order valence-corrected chi connectivity index (χ4v) is 4.85. The maximum Gasteiger partial charge on any atom is 0.127 e. The third kappa shape index (κ3) is 6.11. The van der Waals surface area contributed by atoms with Gasteiger partial charge in [-0.25, -0.2) is 0 Å². The highest BCUT2D eigenvalue weighted by molar-refractivity contribution is 6.06. The quantitative estimate of drug-likeness (QED) is 0.167.